The Balaban J connectivity index is 0.00000180. The van der Waals surface area contributed by atoms with Crippen molar-refractivity contribution in [1.82, 2.24) is 9.55 Å². The minimum atomic E-state index is 0. The molecular formula is C12H16ClN5O. The number of aliphatic imine (C=N–C) groups is 1. The van der Waals surface area contributed by atoms with Crippen LogP contribution in [-0.4, -0.2) is 28.7 Å². The minimum absolute atomic E-state index is 0. The molecule has 0 radical (unpaired) electrons. The molecule has 7 heteroatoms. The van der Waals surface area contributed by atoms with Crippen molar-refractivity contribution in [1.29, 1.82) is 0 Å². The van der Waals surface area contributed by atoms with Gasteiger partial charge in [0.25, 0.3) is 0 Å². The first kappa shape index (κ1) is 14.8. The van der Waals surface area contributed by atoms with Crippen molar-refractivity contribution in [2.75, 3.05) is 13.2 Å². The minimum Gasteiger partial charge on any atom is -0.489 e. The maximum atomic E-state index is 5.64. The molecule has 0 fully saturated rings. The van der Waals surface area contributed by atoms with Crippen molar-refractivity contribution in [2.24, 2.45) is 16.5 Å². The van der Waals surface area contributed by atoms with Gasteiger partial charge in [0, 0.05) is 12.4 Å². The number of benzene rings is 1. The zero-order chi connectivity index (χ0) is 12.8. The molecule has 4 N–H and O–H groups in total. The topological polar surface area (TPSA) is 91.5 Å². The Morgan fingerprint density at radius 2 is 2.11 bits per heavy atom. The van der Waals surface area contributed by atoms with Crippen LogP contribution < -0.4 is 16.2 Å². The lowest BCUT2D eigenvalue weighted by molar-refractivity contribution is 0.327. The number of hydrogen-bond donors (Lipinski definition) is 2. The van der Waals surface area contributed by atoms with E-state index in [0.29, 0.717) is 13.2 Å². The Bertz CT molecular complexity index is 523. The van der Waals surface area contributed by atoms with Crippen LogP contribution >= 0.6 is 12.4 Å². The number of ether oxygens (including phenoxy) is 1. The van der Waals surface area contributed by atoms with E-state index in [2.05, 4.69) is 9.98 Å². The summed E-state index contributed by atoms with van der Waals surface area (Å²) >= 11 is 0. The van der Waals surface area contributed by atoms with Crippen LogP contribution in [0.3, 0.4) is 0 Å². The molecule has 1 aromatic heterocycles. The summed E-state index contributed by atoms with van der Waals surface area (Å²) in [7, 11) is 0. The number of rotatable bonds is 5. The van der Waals surface area contributed by atoms with E-state index in [1.165, 1.54) is 0 Å². The van der Waals surface area contributed by atoms with Crippen LogP contribution in [0.2, 0.25) is 0 Å². The van der Waals surface area contributed by atoms with Crippen LogP contribution in [0.1, 0.15) is 0 Å². The lowest BCUT2D eigenvalue weighted by atomic mass is 10.3. The van der Waals surface area contributed by atoms with Gasteiger partial charge in [-0.15, -0.1) is 12.4 Å². The molecule has 0 saturated carbocycles. The summed E-state index contributed by atoms with van der Waals surface area (Å²) in [6.07, 6.45) is 5.30. The zero-order valence-electron chi connectivity index (χ0n) is 10.3. The molecule has 0 unspecified atom stereocenters. The molecule has 0 spiro atoms. The third-order valence-corrected chi connectivity index (χ3v) is 2.29. The average molecular weight is 282 g/mol. The number of imidazole rings is 1. The Labute approximate surface area is 117 Å². The van der Waals surface area contributed by atoms with E-state index in [0.717, 1.165) is 11.4 Å². The number of para-hydroxylation sites is 2. The number of nitrogens with zero attached hydrogens (tertiary/aromatic N) is 3. The Hall–Kier alpha value is -2.21. The van der Waals surface area contributed by atoms with Gasteiger partial charge < -0.3 is 20.8 Å². The molecule has 1 aromatic carbocycles. The molecule has 0 atom stereocenters. The van der Waals surface area contributed by atoms with E-state index >= 15 is 0 Å². The van der Waals surface area contributed by atoms with Gasteiger partial charge in [0.05, 0.1) is 18.6 Å². The highest BCUT2D eigenvalue weighted by Gasteiger charge is 2.03. The van der Waals surface area contributed by atoms with Gasteiger partial charge in [-0.2, -0.15) is 0 Å². The van der Waals surface area contributed by atoms with E-state index in [1.54, 1.807) is 12.5 Å². The maximum absolute atomic E-state index is 5.64. The highest BCUT2D eigenvalue weighted by atomic mass is 35.5. The Kier molecular flexibility index (Phi) is 5.69. The van der Waals surface area contributed by atoms with Crippen molar-refractivity contribution in [3.05, 3.63) is 43.0 Å². The number of halogens is 1. The molecular weight excluding hydrogens is 266 g/mol. The highest BCUT2D eigenvalue weighted by Crippen LogP contribution is 2.21. The van der Waals surface area contributed by atoms with Crippen LogP contribution in [0.5, 0.6) is 5.75 Å². The molecule has 0 saturated heterocycles. The van der Waals surface area contributed by atoms with E-state index in [9.17, 15) is 0 Å². The van der Waals surface area contributed by atoms with Gasteiger partial charge in [-0.1, -0.05) is 12.1 Å². The SMILES string of the molecule is Cl.NC(N)=NCCOc1ccccc1-n1ccnc1. The summed E-state index contributed by atoms with van der Waals surface area (Å²) in [5.41, 5.74) is 11.4. The van der Waals surface area contributed by atoms with E-state index in [-0.39, 0.29) is 18.4 Å². The normalized spacial score (nSPS) is 9.47. The first-order valence-corrected chi connectivity index (χ1v) is 5.53. The number of nitrogens with two attached hydrogens (primary N) is 2. The van der Waals surface area contributed by atoms with Gasteiger partial charge in [0.15, 0.2) is 5.96 Å². The molecule has 1 heterocycles. The fourth-order valence-electron chi connectivity index (χ4n) is 1.52. The van der Waals surface area contributed by atoms with E-state index in [1.807, 2.05) is 35.0 Å². The second kappa shape index (κ2) is 7.27. The van der Waals surface area contributed by atoms with Gasteiger partial charge in [-0.05, 0) is 12.1 Å². The summed E-state index contributed by atoms with van der Waals surface area (Å²) in [5, 5.41) is 0. The molecule has 2 rings (SSSR count). The number of aromatic nitrogens is 2. The van der Waals surface area contributed by atoms with Crippen molar-refractivity contribution in [2.45, 2.75) is 0 Å². The van der Waals surface area contributed by atoms with E-state index < -0.39 is 0 Å². The van der Waals surface area contributed by atoms with Crippen LogP contribution in [-0.2, 0) is 0 Å². The first-order valence-electron chi connectivity index (χ1n) is 5.53. The third kappa shape index (κ3) is 4.18. The predicted octanol–water partition coefficient (Wildman–Crippen LogP) is 0.946. The first-order chi connectivity index (χ1) is 8.77. The maximum Gasteiger partial charge on any atom is 0.186 e. The van der Waals surface area contributed by atoms with Gasteiger partial charge in [0.1, 0.15) is 12.4 Å². The lowest BCUT2D eigenvalue weighted by Gasteiger charge is -2.10. The number of guanidine groups is 1. The van der Waals surface area contributed by atoms with Gasteiger partial charge in [-0.3, -0.25) is 4.99 Å². The monoisotopic (exact) mass is 281 g/mol. The lowest BCUT2D eigenvalue weighted by Crippen LogP contribution is -2.23. The average Bonchev–Trinajstić information content (AvgIpc) is 2.88. The quantitative estimate of drug-likeness (QED) is 0.485. The second-order valence-electron chi connectivity index (χ2n) is 3.59. The smallest absolute Gasteiger partial charge is 0.186 e. The fraction of sp³-hybridized carbons (Fsp3) is 0.167. The molecule has 102 valence electrons. The largest absolute Gasteiger partial charge is 0.489 e. The molecule has 0 amide bonds. The molecule has 0 bridgehead atoms. The third-order valence-electron chi connectivity index (χ3n) is 2.29. The molecule has 0 aliphatic rings. The van der Waals surface area contributed by atoms with Crippen molar-refractivity contribution < 1.29 is 4.74 Å². The van der Waals surface area contributed by atoms with Crippen LogP contribution in [0.15, 0.2) is 48.0 Å². The van der Waals surface area contributed by atoms with Crippen LogP contribution in [0.25, 0.3) is 5.69 Å². The van der Waals surface area contributed by atoms with Crippen molar-refractivity contribution >= 4 is 18.4 Å². The summed E-state index contributed by atoms with van der Waals surface area (Å²) in [6.45, 7) is 0.851. The summed E-state index contributed by atoms with van der Waals surface area (Å²) < 4.78 is 7.53. The van der Waals surface area contributed by atoms with Gasteiger partial charge in [-0.25, -0.2) is 4.98 Å². The molecule has 2 aromatic rings. The molecule has 0 aliphatic heterocycles. The molecule has 0 aliphatic carbocycles. The van der Waals surface area contributed by atoms with Crippen LogP contribution in [0.4, 0.5) is 0 Å². The Morgan fingerprint density at radius 3 is 2.79 bits per heavy atom. The molecule has 19 heavy (non-hydrogen) atoms. The van der Waals surface area contributed by atoms with E-state index in [4.69, 9.17) is 16.2 Å². The predicted molar refractivity (Wildman–Crippen MR) is 77.0 cm³/mol. The van der Waals surface area contributed by atoms with Gasteiger partial charge in [0.2, 0.25) is 0 Å². The molecule has 6 nitrogen and oxygen atoms in total. The zero-order valence-corrected chi connectivity index (χ0v) is 11.1. The highest BCUT2D eigenvalue weighted by molar-refractivity contribution is 5.85. The van der Waals surface area contributed by atoms with Crippen molar-refractivity contribution in [3.63, 3.8) is 0 Å². The summed E-state index contributed by atoms with van der Waals surface area (Å²) in [5.74, 6) is 0.836. The van der Waals surface area contributed by atoms with Crippen LogP contribution in [0, 0.1) is 0 Å². The summed E-state index contributed by atoms with van der Waals surface area (Å²) in [6, 6.07) is 7.71. The summed E-state index contributed by atoms with van der Waals surface area (Å²) in [4.78, 5) is 7.87. The standard InChI is InChI=1S/C12H15N5O.ClH/c13-12(14)16-6-8-18-11-4-2-1-3-10(11)17-7-5-15-9-17;/h1-5,7,9H,6,8H2,(H4,13,14,16);1H. The van der Waals surface area contributed by atoms with Crippen molar-refractivity contribution in [3.8, 4) is 11.4 Å². The Morgan fingerprint density at radius 1 is 1.32 bits per heavy atom. The van der Waals surface area contributed by atoms with Gasteiger partial charge >= 0.3 is 0 Å². The fourth-order valence-corrected chi connectivity index (χ4v) is 1.52. The second-order valence-corrected chi connectivity index (χ2v) is 3.59. The number of hydrogen-bond acceptors (Lipinski definition) is 3.